The third kappa shape index (κ3) is 23.3. The molecule has 0 spiro atoms. The van der Waals surface area contributed by atoms with Crippen LogP contribution in [0.1, 0.15) is 136 Å². The number of rotatable bonds is 24. The van der Waals surface area contributed by atoms with Crippen LogP contribution in [0.25, 0.3) is 0 Å². The van der Waals surface area contributed by atoms with E-state index in [9.17, 15) is 14.4 Å². The minimum atomic E-state index is -1.03. The Morgan fingerprint density at radius 2 is 1.32 bits per heavy atom. The first-order valence-electron chi connectivity index (χ1n) is 13.8. The first-order chi connectivity index (χ1) is 16.5. The third-order valence-corrected chi connectivity index (χ3v) is 5.92. The summed E-state index contributed by atoms with van der Waals surface area (Å²) in [5, 5.41) is 11.0. The van der Waals surface area contributed by atoms with Crippen LogP contribution in [0.4, 0.5) is 0 Å². The van der Waals surface area contributed by atoms with Gasteiger partial charge in [-0.1, -0.05) is 90.6 Å². The minimum absolute atomic E-state index is 0.0932. The summed E-state index contributed by atoms with van der Waals surface area (Å²) in [5.74, 6) is -1.34. The van der Waals surface area contributed by atoms with E-state index in [0.717, 1.165) is 51.4 Å². The van der Waals surface area contributed by atoms with Crippen molar-refractivity contribution in [2.75, 3.05) is 6.54 Å². The Morgan fingerprint density at radius 3 is 1.97 bits per heavy atom. The van der Waals surface area contributed by atoms with Crippen LogP contribution < -0.4 is 5.32 Å². The van der Waals surface area contributed by atoms with E-state index in [2.05, 4.69) is 31.3 Å². The van der Waals surface area contributed by atoms with Crippen molar-refractivity contribution in [3.8, 4) is 0 Å². The van der Waals surface area contributed by atoms with Gasteiger partial charge in [-0.05, 0) is 44.6 Å². The molecule has 0 aliphatic rings. The van der Waals surface area contributed by atoms with E-state index >= 15 is 0 Å². The van der Waals surface area contributed by atoms with Crippen molar-refractivity contribution in [3.63, 3.8) is 0 Å². The van der Waals surface area contributed by atoms with E-state index in [-0.39, 0.29) is 24.5 Å². The van der Waals surface area contributed by atoms with E-state index in [4.69, 9.17) is 9.84 Å². The van der Waals surface area contributed by atoms with Gasteiger partial charge in [-0.25, -0.2) is 0 Å². The minimum Gasteiger partial charge on any atom is -0.480 e. The van der Waals surface area contributed by atoms with Crippen LogP contribution in [0.3, 0.4) is 0 Å². The van der Waals surface area contributed by atoms with Crippen molar-refractivity contribution in [2.45, 2.75) is 142 Å². The predicted molar refractivity (Wildman–Crippen MR) is 139 cm³/mol. The smallest absolute Gasteiger partial charge is 0.322 e. The van der Waals surface area contributed by atoms with Crippen molar-refractivity contribution < 1.29 is 24.2 Å². The van der Waals surface area contributed by atoms with Crippen molar-refractivity contribution >= 4 is 17.8 Å². The standard InChI is InChI=1S/C28H51NO5/c1-3-5-7-9-11-13-19-23-28(33)34-25(20-16-12-10-8-6-4-2)21-17-14-15-18-22-26(30)29-24-27(31)32/h16,20,25H,3-15,17-19,21-24H2,1-2H3,(H,29,30)(H,31,32)/b20-16-. The van der Waals surface area contributed by atoms with Gasteiger partial charge in [0.05, 0.1) is 0 Å². The maximum Gasteiger partial charge on any atom is 0.322 e. The fraction of sp³-hybridized carbons (Fsp3) is 0.821. The number of amides is 1. The number of esters is 1. The van der Waals surface area contributed by atoms with Crippen LogP contribution in [-0.2, 0) is 19.1 Å². The Balaban J connectivity index is 4.19. The van der Waals surface area contributed by atoms with Crippen molar-refractivity contribution in [1.29, 1.82) is 0 Å². The second-order valence-electron chi connectivity index (χ2n) is 9.30. The molecule has 6 nitrogen and oxygen atoms in total. The van der Waals surface area contributed by atoms with Crippen molar-refractivity contribution in [2.24, 2.45) is 0 Å². The van der Waals surface area contributed by atoms with E-state index in [1.165, 1.54) is 57.8 Å². The number of carbonyl (C=O) groups is 3. The summed E-state index contributed by atoms with van der Waals surface area (Å²) in [6.07, 6.45) is 23.5. The van der Waals surface area contributed by atoms with Crippen LogP contribution in [0.5, 0.6) is 0 Å². The average molecular weight is 482 g/mol. The zero-order chi connectivity index (χ0) is 25.3. The van der Waals surface area contributed by atoms with Gasteiger partial charge in [0, 0.05) is 12.8 Å². The summed E-state index contributed by atoms with van der Waals surface area (Å²) in [7, 11) is 0. The molecule has 2 N–H and O–H groups in total. The quantitative estimate of drug-likeness (QED) is 0.0870. The number of aliphatic carboxylic acids is 1. The third-order valence-electron chi connectivity index (χ3n) is 5.92. The Bertz CT molecular complexity index is 547. The SMILES string of the molecule is CCCCCC/C=C\C(CCCCCCC(=O)NCC(=O)O)OC(=O)CCCCCCCCC. The summed E-state index contributed by atoms with van der Waals surface area (Å²) in [4.78, 5) is 34.4. The van der Waals surface area contributed by atoms with Gasteiger partial charge >= 0.3 is 11.9 Å². The van der Waals surface area contributed by atoms with Gasteiger partial charge in [0.1, 0.15) is 12.6 Å². The number of carboxylic acids is 1. The summed E-state index contributed by atoms with van der Waals surface area (Å²) < 4.78 is 5.78. The topological polar surface area (TPSA) is 92.7 Å². The maximum absolute atomic E-state index is 12.3. The Labute approximate surface area is 208 Å². The number of ether oxygens (including phenoxy) is 1. The molecule has 1 unspecified atom stereocenters. The summed E-state index contributed by atoms with van der Waals surface area (Å²) in [6, 6.07) is 0. The van der Waals surface area contributed by atoms with Crippen LogP contribution in [0.15, 0.2) is 12.2 Å². The van der Waals surface area contributed by atoms with Crippen molar-refractivity contribution in [1.82, 2.24) is 5.32 Å². The molecule has 0 saturated carbocycles. The lowest BCUT2D eigenvalue weighted by molar-refractivity contribution is -0.147. The molecule has 0 aromatic carbocycles. The molecular formula is C28H51NO5. The average Bonchev–Trinajstić information content (AvgIpc) is 2.81. The second kappa shape index (κ2) is 24.3. The highest BCUT2D eigenvalue weighted by molar-refractivity contribution is 5.80. The molecule has 0 saturated heterocycles. The highest BCUT2D eigenvalue weighted by atomic mass is 16.5. The van der Waals surface area contributed by atoms with Crippen LogP contribution in [0.2, 0.25) is 0 Å². The van der Waals surface area contributed by atoms with Crippen molar-refractivity contribution in [3.05, 3.63) is 12.2 Å². The summed E-state index contributed by atoms with van der Waals surface area (Å²) >= 11 is 0. The molecule has 34 heavy (non-hydrogen) atoms. The van der Waals surface area contributed by atoms with E-state index in [1.807, 2.05) is 0 Å². The fourth-order valence-electron chi connectivity index (χ4n) is 3.83. The maximum atomic E-state index is 12.3. The van der Waals surface area contributed by atoms with Crippen LogP contribution in [0, 0.1) is 0 Å². The highest BCUT2D eigenvalue weighted by Crippen LogP contribution is 2.14. The van der Waals surface area contributed by atoms with Gasteiger partial charge in [0.25, 0.3) is 0 Å². The number of unbranched alkanes of at least 4 members (excludes halogenated alkanes) is 13. The van der Waals surface area contributed by atoms with Crippen LogP contribution >= 0.6 is 0 Å². The zero-order valence-electron chi connectivity index (χ0n) is 22.0. The number of carboxylic acid groups (broad SMARTS) is 1. The van der Waals surface area contributed by atoms with Gasteiger partial charge in [-0.15, -0.1) is 0 Å². The molecule has 0 heterocycles. The summed E-state index contributed by atoms with van der Waals surface area (Å²) in [6.45, 7) is 4.10. The van der Waals surface area contributed by atoms with Gasteiger partial charge in [-0.3, -0.25) is 14.4 Å². The summed E-state index contributed by atoms with van der Waals surface area (Å²) in [5.41, 5.74) is 0. The molecule has 0 bridgehead atoms. The van der Waals surface area contributed by atoms with E-state index in [1.54, 1.807) is 0 Å². The molecule has 0 aromatic rings. The fourth-order valence-corrected chi connectivity index (χ4v) is 3.83. The van der Waals surface area contributed by atoms with Crippen LogP contribution in [-0.4, -0.2) is 35.6 Å². The number of nitrogens with one attached hydrogen (secondary N) is 1. The molecule has 0 aromatic heterocycles. The Hall–Kier alpha value is -1.85. The highest BCUT2D eigenvalue weighted by Gasteiger charge is 2.11. The number of hydrogen-bond acceptors (Lipinski definition) is 4. The second-order valence-corrected chi connectivity index (χ2v) is 9.30. The Morgan fingerprint density at radius 1 is 0.765 bits per heavy atom. The molecule has 0 fully saturated rings. The lowest BCUT2D eigenvalue weighted by Gasteiger charge is -2.15. The first kappa shape index (κ1) is 32.1. The molecule has 198 valence electrons. The van der Waals surface area contributed by atoms with Gasteiger partial charge in [-0.2, -0.15) is 0 Å². The lowest BCUT2D eigenvalue weighted by Crippen LogP contribution is -2.28. The molecule has 1 amide bonds. The van der Waals surface area contributed by atoms with Gasteiger partial charge in [0.15, 0.2) is 0 Å². The van der Waals surface area contributed by atoms with Gasteiger partial charge in [0.2, 0.25) is 5.91 Å². The lowest BCUT2D eigenvalue weighted by atomic mass is 10.1. The molecule has 6 heteroatoms. The van der Waals surface area contributed by atoms with E-state index in [0.29, 0.717) is 12.8 Å². The predicted octanol–water partition coefficient (Wildman–Crippen LogP) is 7.11. The largest absolute Gasteiger partial charge is 0.480 e. The molecule has 0 radical (unpaired) electrons. The molecule has 1 atom stereocenters. The molecule has 0 rings (SSSR count). The molecule has 0 aliphatic heterocycles. The van der Waals surface area contributed by atoms with E-state index < -0.39 is 5.97 Å². The molecular weight excluding hydrogens is 430 g/mol. The normalized spacial score (nSPS) is 12.1. The number of allylic oxidation sites excluding steroid dienone is 1. The monoisotopic (exact) mass is 481 g/mol. The number of carbonyl (C=O) groups excluding carboxylic acids is 2. The first-order valence-corrected chi connectivity index (χ1v) is 13.8. The molecule has 0 aliphatic carbocycles. The number of hydrogen-bond donors (Lipinski definition) is 2. The van der Waals surface area contributed by atoms with Gasteiger partial charge < -0.3 is 15.2 Å². The zero-order valence-corrected chi connectivity index (χ0v) is 22.0. The Kier molecular flexibility index (Phi) is 23.0.